The van der Waals surface area contributed by atoms with Gasteiger partial charge in [0.15, 0.2) is 0 Å². The van der Waals surface area contributed by atoms with Crippen molar-refractivity contribution in [2.24, 2.45) is 0 Å². The van der Waals surface area contributed by atoms with Gasteiger partial charge in [-0.1, -0.05) is 12.1 Å². The lowest BCUT2D eigenvalue weighted by Crippen LogP contribution is -2.35. The molecule has 3 nitrogen and oxygen atoms in total. The lowest BCUT2D eigenvalue weighted by atomic mass is 10.1. The van der Waals surface area contributed by atoms with E-state index in [0.717, 1.165) is 10.0 Å². The molecule has 0 aliphatic heterocycles. The Hall–Kier alpha value is -0.870. The minimum Gasteiger partial charge on any atom is -0.394 e. The van der Waals surface area contributed by atoms with Crippen LogP contribution < -0.4 is 5.32 Å². The van der Waals surface area contributed by atoms with E-state index in [1.165, 1.54) is 0 Å². The predicted molar refractivity (Wildman–Crippen MR) is 62.9 cm³/mol. The number of benzene rings is 1. The first-order valence-corrected chi connectivity index (χ1v) is 5.52. The molecule has 0 bridgehead atoms. The maximum Gasteiger partial charge on any atom is 0.252 e. The standard InChI is InChI=1S/C11H14BrNO2/c1-7-4-3-5-9(10(7)12)11(15)13-8(2)6-14/h3-5,8,14H,6H2,1-2H3,(H,13,15)/t8-/m1/s1. The quantitative estimate of drug-likeness (QED) is 0.882. The number of amides is 1. The van der Waals surface area contributed by atoms with Crippen LogP contribution >= 0.6 is 15.9 Å². The molecule has 1 rings (SSSR count). The minimum atomic E-state index is -0.232. The van der Waals surface area contributed by atoms with Crippen LogP contribution in [0.3, 0.4) is 0 Å². The number of carbonyl (C=O) groups excluding carboxylic acids is 1. The highest BCUT2D eigenvalue weighted by Gasteiger charge is 2.12. The van der Waals surface area contributed by atoms with Gasteiger partial charge in [0.05, 0.1) is 12.2 Å². The molecule has 0 aliphatic rings. The van der Waals surface area contributed by atoms with Crippen LogP contribution in [0.4, 0.5) is 0 Å². The first kappa shape index (κ1) is 12.2. The Kier molecular flexibility index (Phi) is 4.29. The van der Waals surface area contributed by atoms with E-state index in [9.17, 15) is 4.79 Å². The highest BCUT2D eigenvalue weighted by atomic mass is 79.9. The maximum absolute atomic E-state index is 11.7. The van der Waals surface area contributed by atoms with E-state index in [2.05, 4.69) is 21.2 Å². The molecule has 0 aliphatic carbocycles. The third-order valence-electron chi connectivity index (χ3n) is 2.09. The van der Waals surface area contributed by atoms with Crippen molar-refractivity contribution in [1.82, 2.24) is 5.32 Å². The summed E-state index contributed by atoms with van der Waals surface area (Å²) in [5.41, 5.74) is 1.61. The highest BCUT2D eigenvalue weighted by Crippen LogP contribution is 2.20. The van der Waals surface area contributed by atoms with E-state index in [4.69, 9.17) is 5.11 Å². The van der Waals surface area contributed by atoms with Crippen LogP contribution in [0.15, 0.2) is 22.7 Å². The van der Waals surface area contributed by atoms with Crippen molar-refractivity contribution in [3.8, 4) is 0 Å². The van der Waals surface area contributed by atoms with Crippen LogP contribution in [-0.2, 0) is 0 Å². The third-order valence-corrected chi connectivity index (χ3v) is 3.14. The van der Waals surface area contributed by atoms with Crippen molar-refractivity contribution >= 4 is 21.8 Å². The number of aryl methyl sites for hydroxylation is 1. The minimum absolute atomic E-state index is 0.0603. The maximum atomic E-state index is 11.7. The molecule has 1 aromatic rings. The SMILES string of the molecule is Cc1cccc(C(=O)N[C@H](C)CO)c1Br. The van der Waals surface area contributed by atoms with Crippen molar-refractivity contribution in [2.45, 2.75) is 19.9 Å². The summed E-state index contributed by atoms with van der Waals surface area (Å²) in [5.74, 6) is -0.174. The summed E-state index contributed by atoms with van der Waals surface area (Å²) in [7, 11) is 0. The van der Waals surface area contributed by atoms with E-state index in [0.29, 0.717) is 5.56 Å². The van der Waals surface area contributed by atoms with Crippen LogP contribution in [0.2, 0.25) is 0 Å². The van der Waals surface area contributed by atoms with Gasteiger partial charge in [0.2, 0.25) is 0 Å². The number of rotatable bonds is 3. The summed E-state index contributed by atoms with van der Waals surface area (Å²) in [6.45, 7) is 3.62. The number of aliphatic hydroxyl groups is 1. The first-order chi connectivity index (χ1) is 7.06. The van der Waals surface area contributed by atoms with Gasteiger partial charge in [0.25, 0.3) is 5.91 Å². The summed E-state index contributed by atoms with van der Waals surface area (Å²) in [5, 5.41) is 11.5. The van der Waals surface area contributed by atoms with Gasteiger partial charge in [0.1, 0.15) is 0 Å². The van der Waals surface area contributed by atoms with Crippen molar-refractivity contribution in [1.29, 1.82) is 0 Å². The van der Waals surface area contributed by atoms with Crippen LogP contribution in [-0.4, -0.2) is 23.7 Å². The topological polar surface area (TPSA) is 49.3 Å². The molecule has 1 aromatic carbocycles. The fourth-order valence-electron chi connectivity index (χ4n) is 1.17. The molecule has 1 amide bonds. The van der Waals surface area contributed by atoms with Crippen molar-refractivity contribution in [2.75, 3.05) is 6.61 Å². The van der Waals surface area contributed by atoms with Gasteiger partial charge in [-0.15, -0.1) is 0 Å². The molecule has 0 unspecified atom stereocenters. The first-order valence-electron chi connectivity index (χ1n) is 4.73. The van der Waals surface area contributed by atoms with E-state index in [1.54, 1.807) is 13.0 Å². The molecule has 0 spiro atoms. The van der Waals surface area contributed by atoms with Crippen LogP contribution in [0, 0.1) is 6.92 Å². The number of aliphatic hydroxyl groups excluding tert-OH is 1. The molecule has 82 valence electrons. The summed E-state index contributed by atoms with van der Waals surface area (Å²) in [4.78, 5) is 11.7. The monoisotopic (exact) mass is 271 g/mol. The van der Waals surface area contributed by atoms with Gasteiger partial charge in [-0.05, 0) is 41.4 Å². The van der Waals surface area contributed by atoms with Gasteiger partial charge in [-0.25, -0.2) is 0 Å². The Morgan fingerprint density at radius 1 is 1.60 bits per heavy atom. The highest BCUT2D eigenvalue weighted by molar-refractivity contribution is 9.10. The van der Waals surface area contributed by atoms with Gasteiger partial charge >= 0.3 is 0 Å². The van der Waals surface area contributed by atoms with Crippen LogP contribution in [0.5, 0.6) is 0 Å². The lowest BCUT2D eigenvalue weighted by Gasteiger charge is -2.12. The smallest absolute Gasteiger partial charge is 0.252 e. The van der Waals surface area contributed by atoms with E-state index >= 15 is 0 Å². The molecule has 0 saturated heterocycles. The molecular weight excluding hydrogens is 258 g/mol. The zero-order chi connectivity index (χ0) is 11.4. The summed E-state index contributed by atoms with van der Waals surface area (Å²) >= 11 is 3.37. The lowest BCUT2D eigenvalue weighted by molar-refractivity contribution is 0.0921. The average molecular weight is 272 g/mol. The molecule has 0 aromatic heterocycles. The molecule has 0 radical (unpaired) electrons. The molecule has 1 atom stereocenters. The Bertz CT molecular complexity index is 366. The van der Waals surface area contributed by atoms with E-state index in [-0.39, 0.29) is 18.6 Å². The Labute approximate surface area is 97.6 Å². The summed E-state index contributed by atoms with van der Waals surface area (Å²) in [6.07, 6.45) is 0. The third kappa shape index (κ3) is 3.04. The molecule has 0 fully saturated rings. The predicted octanol–water partition coefficient (Wildman–Crippen LogP) is 1.87. The fourth-order valence-corrected chi connectivity index (χ4v) is 1.61. The number of nitrogens with one attached hydrogen (secondary N) is 1. The molecule has 15 heavy (non-hydrogen) atoms. The Balaban J connectivity index is 2.87. The zero-order valence-electron chi connectivity index (χ0n) is 8.75. The zero-order valence-corrected chi connectivity index (χ0v) is 10.3. The second-order valence-electron chi connectivity index (χ2n) is 3.49. The number of carbonyl (C=O) groups is 1. The van der Waals surface area contributed by atoms with Gasteiger partial charge < -0.3 is 10.4 Å². The average Bonchev–Trinajstić information content (AvgIpc) is 2.21. The second-order valence-corrected chi connectivity index (χ2v) is 4.29. The fraction of sp³-hybridized carbons (Fsp3) is 0.364. The van der Waals surface area contributed by atoms with Crippen molar-refractivity contribution in [3.05, 3.63) is 33.8 Å². The van der Waals surface area contributed by atoms with Gasteiger partial charge in [-0.3, -0.25) is 4.79 Å². The van der Waals surface area contributed by atoms with E-state index in [1.807, 2.05) is 19.1 Å². The second kappa shape index (κ2) is 5.28. The molecule has 0 heterocycles. The Morgan fingerprint density at radius 3 is 2.87 bits per heavy atom. The molecule has 4 heteroatoms. The van der Waals surface area contributed by atoms with Crippen molar-refractivity contribution in [3.63, 3.8) is 0 Å². The number of hydrogen-bond donors (Lipinski definition) is 2. The van der Waals surface area contributed by atoms with Crippen molar-refractivity contribution < 1.29 is 9.90 Å². The van der Waals surface area contributed by atoms with Gasteiger partial charge in [0, 0.05) is 10.5 Å². The largest absolute Gasteiger partial charge is 0.394 e. The number of hydrogen-bond acceptors (Lipinski definition) is 2. The molecular formula is C11H14BrNO2. The van der Waals surface area contributed by atoms with Gasteiger partial charge in [-0.2, -0.15) is 0 Å². The van der Waals surface area contributed by atoms with E-state index < -0.39 is 0 Å². The normalized spacial score (nSPS) is 12.3. The summed E-state index contributed by atoms with van der Waals surface area (Å²) in [6, 6.07) is 5.27. The molecule has 0 saturated carbocycles. The Morgan fingerprint density at radius 2 is 2.27 bits per heavy atom. The summed E-state index contributed by atoms with van der Waals surface area (Å²) < 4.78 is 0.799. The number of halogens is 1. The molecule has 2 N–H and O–H groups in total. The van der Waals surface area contributed by atoms with Crippen LogP contribution in [0.25, 0.3) is 0 Å². The van der Waals surface area contributed by atoms with Crippen LogP contribution in [0.1, 0.15) is 22.8 Å².